The van der Waals surface area contributed by atoms with Crippen molar-refractivity contribution in [1.82, 2.24) is 0 Å². The highest BCUT2D eigenvalue weighted by molar-refractivity contribution is 7.16. The third-order valence-electron chi connectivity index (χ3n) is 3.96. The molecule has 0 saturated carbocycles. The Kier molecular flexibility index (Phi) is 7.01. The Bertz CT molecular complexity index is 869. The molecular weight excluding hydrogens is 366 g/mol. The number of ether oxygens (including phenoxy) is 3. The molecule has 7 heteroatoms. The van der Waals surface area contributed by atoms with Crippen LogP contribution in [0.25, 0.3) is 6.08 Å². The molecule has 0 radical (unpaired) electrons. The van der Waals surface area contributed by atoms with Crippen LogP contribution in [0.5, 0.6) is 11.5 Å². The van der Waals surface area contributed by atoms with Crippen LogP contribution in [0.4, 0.5) is 5.00 Å². The molecule has 0 saturated heterocycles. The number of aryl methyl sites for hydroxylation is 1. The molecule has 2 aromatic rings. The summed E-state index contributed by atoms with van der Waals surface area (Å²) in [7, 11) is 3.12. The molecule has 1 N–H and O–H groups in total. The van der Waals surface area contributed by atoms with Crippen LogP contribution in [-0.4, -0.2) is 32.7 Å². The molecule has 0 aliphatic rings. The maximum atomic E-state index is 12.4. The molecule has 1 aromatic carbocycles. The van der Waals surface area contributed by atoms with Crippen LogP contribution in [0.1, 0.15) is 33.3 Å². The maximum absolute atomic E-state index is 12.4. The second kappa shape index (κ2) is 9.23. The summed E-state index contributed by atoms with van der Waals surface area (Å²) in [6.07, 6.45) is 3.04. The zero-order chi connectivity index (χ0) is 20.0. The summed E-state index contributed by atoms with van der Waals surface area (Å²) in [4.78, 5) is 25.5. The summed E-state index contributed by atoms with van der Waals surface area (Å²) in [5.41, 5.74) is 1.95. The summed E-state index contributed by atoms with van der Waals surface area (Å²) in [5.74, 6) is 0.473. The van der Waals surface area contributed by atoms with Crippen LogP contribution in [-0.2, 0) is 9.53 Å². The zero-order valence-electron chi connectivity index (χ0n) is 16.0. The summed E-state index contributed by atoms with van der Waals surface area (Å²) in [5, 5.41) is 3.25. The number of anilines is 1. The van der Waals surface area contributed by atoms with Gasteiger partial charge >= 0.3 is 5.97 Å². The third-order valence-corrected chi connectivity index (χ3v) is 5.08. The second-order valence-electron chi connectivity index (χ2n) is 5.64. The van der Waals surface area contributed by atoms with E-state index in [2.05, 4.69) is 5.32 Å². The lowest BCUT2D eigenvalue weighted by molar-refractivity contribution is -0.111. The Morgan fingerprint density at radius 1 is 1.19 bits per heavy atom. The monoisotopic (exact) mass is 389 g/mol. The van der Waals surface area contributed by atoms with Crippen molar-refractivity contribution in [2.45, 2.75) is 20.8 Å². The number of carbonyl (C=O) groups is 2. The molecule has 0 spiro atoms. The minimum atomic E-state index is -0.435. The summed E-state index contributed by atoms with van der Waals surface area (Å²) in [6, 6.07) is 5.32. The largest absolute Gasteiger partial charge is 0.497 e. The molecule has 144 valence electrons. The number of nitrogens with one attached hydrogen (secondary N) is 1. The van der Waals surface area contributed by atoms with E-state index in [0.717, 1.165) is 16.0 Å². The molecular formula is C20H23NO5S. The van der Waals surface area contributed by atoms with Crippen molar-refractivity contribution in [2.24, 2.45) is 0 Å². The van der Waals surface area contributed by atoms with E-state index in [9.17, 15) is 9.59 Å². The quantitative estimate of drug-likeness (QED) is 0.567. The van der Waals surface area contributed by atoms with Crippen LogP contribution < -0.4 is 14.8 Å². The first kappa shape index (κ1) is 20.5. The van der Waals surface area contributed by atoms with Crippen LogP contribution in [0, 0.1) is 13.8 Å². The SMILES string of the molecule is CCOC(=O)c1c(NC(=O)/C=C/c2ccc(OC)cc2OC)sc(C)c1C. The van der Waals surface area contributed by atoms with E-state index in [1.165, 1.54) is 17.4 Å². The van der Waals surface area contributed by atoms with Gasteiger partial charge in [-0.15, -0.1) is 11.3 Å². The highest BCUT2D eigenvalue weighted by atomic mass is 32.1. The van der Waals surface area contributed by atoms with E-state index in [1.54, 1.807) is 45.4 Å². The van der Waals surface area contributed by atoms with E-state index in [-0.39, 0.29) is 12.5 Å². The number of hydrogen-bond donors (Lipinski definition) is 1. The van der Waals surface area contributed by atoms with Crippen molar-refractivity contribution in [3.05, 3.63) is 45.8 Å². The number of methoxy groups -OCH3 is 2. The summed E-state index contributed by atoms with van der Waals surface area (Å²) in [6.45, 7) is 5.76. The van der Waals surface area contributed by atoms with Crippen molar-refractivity contribution in [2.75, 3.05) is 26.1 Å². The first-order valence-corrected chi connectivity index (χ1v) is 9.21. The molecule has 0 aliphatic heterocycles. The Labute approximate surface area is 162 Å². The van der Waals surface area contributed by atoms with Crippen molar-refractivity contribution in [3.8, 4) is 11.5 Å². The maximum Gasteiger partial charge on any atom is 0.341 e. The lowest BCUT2D eigenvalue weighted by Crippen LogP contribution is -2.12. The highest BCUT2D eigenvalue weighted by Crippen LogP contribution is 2.33. The molecule has 6 nitrogen and oxygen atoms in total. The fourth-order valence-electron chi connectivity index (χ4n) is 2.44. The molecule has 27 heavy (non-hydrogen) atoms. The second-order valence-corrected chi connectivity index (χ2v) is 6.86. The van der Waals surface area contributed by atoms with E-state index in [0.29, 0.717) is 22.1 Å². The predicted octanol–water partition coefficient (Wildman–Crippen LogP) is 4.21. The molecule has 2 rings (SSSR count). The number of hydrogen-bond acceptors (Lipinski definition) is 6. The van der Waals surface area contributed by atoms with Gasteiger partial charge in [0.1, 0.15) is 16.5 Å². The van der Waals surface area contributed by atoms with Crippen molar-refractivity contribution >= 4 is 34.3 Å². The van der Waals surface area contributed by atoms with Crippen molar-refractivity contribution in [3.63, 3.8) is 0 Å². The number of thiophene rings is 1. The molecule has 1 heterocycles. The minimum absolute atomic E-state index is 0.276. The lowest BCUT2D eigenvalue weighted by Gasteiger charge is -2.07. The van der Waals surface area contributed by atoms with E-state index >= 15 is 0 Å². The molecule has 0 bridgehead atoms. The van der Waals surface area contributed by atoms with Crippen LogP contribution in [0.2, 0.25) is 0 Å². The Morgan fingerprint density at radius 3 is 2.56 bits per heavy atom. The van der Waals surface area contributed by atoms with Gasteiger partial charge in [-0.25, -0.2) is 4.79 Å². The number of rotatable bonds is 7. The molecule has 1 aromatic heterocycles. The van der Waals surface area contributed by atoms with Crippen LogP contribution in [0.3, 0.4) is 0 Å². The Hall–Kier alpha value is -2.80. The van der Waals surface area contributed by atoms with Gasteiger partial charge in [0.2, 0.25) is 5.91 Å². The standard InChI is InChI=1S/C20H23NO5S/c1-6-26-20(23)18-12(2)13(3)27-19(18)21-17(22)10-8-14-7-9-15(24-4)11-16(14)25-5/h7-11H,6H2,1-5H3,(H,21,22)/b10-8+. The summed E-state index contributed by atoms with van der Waals surface area (Å²) >= 11 is 1.35. The molecule has 1 amide bonds. The van der Waals surface area contributed by atoms with Gasteiger partial charge in [0.15, 0.2) is 0 Å². The van der Waals surface area contributed by atoms with Gasteiger partial charge in [0, 0.05) is 22.6 Å². The molecule has 0 aliphatic carbocycles. The van der Waals surface area contributed by atoms with Gasteiger partial charge in [-0.2, -0.15) is 0 Å². The van der Waals surface area contributed by atoms with Gasteiger partial charge in [0.05, 0.1) is 26.4 Å². The highest BCUT2D eigenvalue weighted by Gasteiger charge is 2.21. The topological polar surface area (TPSA) is 73.9 Å². The van der Waals surface area contributed by atoms with E-state index in [4.69, 9.17) is 14.2 Å². The van der Waals surface area contributed by atoms with E-state index < -0.39 is 5.97 Å². The Morgan fingerprint density at radius 2 is 1.93 bits per heavy atom. The fourth-order valence-corrected chi connectivity index (χ4v) is 3.49. The first-order chi connectivity index (χ1) is 12.9. The van der Waals surface area contributed by atoms with Crippen molar-refractivity contribution in [1.29, 1.82) is 0 Å². The number of carbonyl (C=O) groups excluding carboxylic acids is 2. The minimum Gasteiger partial charge on any atom is -0.497 e. The smallest absolute Gasteiger partial charge is 0.341 e. The molecule has 0 atom stereocenters. The first-order valence-electron chi connectivity index (χ1n) is 8.39. The van der Waals surface area contributed by atoms with E-state index in [1.807, 2.05) is 13.8 Å². The van der Waals surface area contributed by atoms with Gasteiger partial charge in [-0.05, 0) is 44.5 Å². The summed E-state index contributed by atoms with van der Waals surface area (Å²) < 4.78 is 15.6. The fraction of sp³-hybridized carbons (Fsp3) is 0.300. The van der Waals surface area contributed by atoms with Gasteiger partial charge in [-0.1, -0.05) is 0 Å². The predicted molar refractivity (Wildman–Crippen MR) is 107 cm³/mol. The molecule has 0 unspecified atom stereocenters. The normalized spacial score (nSPS) is 10.7. The molecule has 0 fully saturated rings. The number of amides is 1. The zero-order valence-corrected chi connectivity index (χ0v) is 16.9. The van der Waals surface area contributed by atoms with Gasteiger partial charge < -0.3 is 19.5 Å². The number of esters is 1. The van der Waals surface area contributed by atoms with Crippen LogP contribution in [0.15, 0.2) is 24.3 Å². The Balaban J connectivity index is 2.20. The van der Waals surface area contributed by atoms with Gasteiger partial charge in [0.25, 0.3) is 0 Å². The third kappa shape index (κ3) is 4.89. The van der Waals surface area contributed by atoms with Gasteiger partial charge in [-0.3, -0.25) is 4.79 Å². The van der Waals surface area contributed by atoms with Crippen LogP contribution >= 0.6 is 11.3 Å². The average Bonchev–Trinajstić information content (AvgIpc) is 2.93. The number of benzene rings is 1. The van der Waals surface area contributed by atoms with Crippen molar-refractivity contribution < 1.29 is 23.8 Å². The average molecular weight is 389 g/mol. The lowest BCUT2D eigenvalue weighted by atomic mass is 10.1.